The van der Waals surface area contributed by atoms with Gasteiger partial charge in [0.05, 0.1) is 6.20 Å². The van der Waals surface area contributed by atoms with Crippen LogP contribution in [-0.2, 0) is 4.84 Å². The van der Waals surface area contributed by atoms with Crippen LogP contribution in [0.5, 0.6) is 0 Å². The number of hydrazine groups is 1. The summed E-state index contributed by atoms with van der Waals surface area (Å²) in [6.07, 6.45) is 6.65. The van der Waals surface area contributed by atoms with Gasteiger partial charge in [-0.1, -0.05) is 0 Å². The normalized spacial score (nSPS) is 14.9. The summed E-state index contributed by atoms with van der Waals surface area (Å²) < 4.78 is 0. The Morgan fingerprint density at radius 2 is 2.12 bits per heavy atom. The van der Waals surface area contributed by atoms with Gasteiger partial charge in [0.15, 0.2) is 0 Å². The topological polar surface area (TPSA) is 38.5 Å². The molecule has 2 N–H and O–H groups in total. The summed E-state index contributed by atoms with van der Waals surface area (Å²) in [5.74, 6) is 5.11. The van der Waals surface area contributed by atoms with E-state index in [1.807, 2.05) is 0 Å². The fraction of sp³-hybridized carbons (Fsp3) is 0. The molecule has 0 spiro atoms. The van der Waals surface area contributed by atoms with Gasteiger partial charge < -0.3 is 4.84 Å². The molecule has 0 aliphatic carbocycles. The monoisotopic (exact) mass is 134 g/mol. The van der Waals surface area contributed by atoms with E-state index in [1.165, 1.54) is 6.26 Å². The van der Waals surface area contributed by atoms with Gasteiger partial charge in [0.1, 0.15) is 6.26 Å². The van der Waals surface area contributed by atoms with E-state index in [1.54, 1.807) is 18.4 Å². The Balaban J connectivity index is 0.000000490. The summed E-state index contributed by atoms with van der Waals surface area (Å²) in [5.41, 5.74) is 0. The smallest absolute Gasteiger partial charge is 0.121 e. The standard InChI is InChI=1S/C4H6N2O.ClH/c5-6-3-1-2-4-7-6;/h1-4H,5H2;1H. The Hall–Kier alpha value is -0.670. The molecule has 0 bridgehead atoms. The van der Waals surface area contributed by atoms with Crippen molar-refractivity contribution >= 4 is 12.4 Å². The second-order valence-corrected chi connectivity index (χ2v) is 1.14. The molecule has 0 unspecified atom stereocenters. The van der Waals surface area contributed by atoms with Crippen molar-refractivity contribution in [1.82, 2.24) is 5.17 Å². The SMILES string of the molecule is Cl.NN1C=CC=CO1. The zero-order valence-electron chi connectivity index (χ0n) is 4.15. The average molecular weight is 135 g/mol. The maximum Gasteiger partial charge on any atom is 0.121 e. The van der Waals surface area contributed by atoms with E-state index in [9.17, 15) is 0 Å². The van der Waals surface area contributed by atoms with Gasteiger partial charge in [-0.15, -0.1) is 17.6 Å². The van der Waals surface area contributed by atoms with Crippen molar-refractivity contribution < 1.29 is 4.84 Å². The molecule has 0 saturated heterocycles. The first-order valence-electron chi connectivity index (χ1n) is 1.93. The van der Waals surface area contributed by atoms with Crippen LogP contribution in [-0.4, -0.2) is 5.17 Å². The molecule has 4 heteroatoms. The minimum atomic E-state index is 0. The van der Waals surface area contributed by atoms with Gasteiger partial charge in [-0.25, -0.2) is 5.84 Å². The van der Waals surface area contributed by atoms with Crippen LogP contribution in [0.1, 0.15) is 0 Å². The highest BCUT2D eigenvalue weighted by atomic mass is 35.5. The van der Waals surface area contributed by atoms with Crippen molar-refractivity contribution in [3.63, 3.8) is 0 Å². The van der Waals surface area contributed by atoms with Gasteiger partial charge in [0.25, 0.3) is 0 Å². The van der Waals surface area contributed by atoms with Gasteiger partial charge in [0.2, 0.25) is 0 Å². The van der Waals surface area contributed by atoms with Crippen LogP contribution in [0, 0.1) is 0 Å². The quantitative estimate of drug-likeness (QED) is 0.492. The van der Waals surface area contributed by atoms with E-state index in [0.29, 0.717) is 0 Å². The molecule has 0 aromatic carbocycles. The van der Waals surface area contributed by atoms with E-state index < -0.39 is 0 Å². The van der Waals surface area contributed by atoms with Crippen molar-refractivity contribution in [1.29, 1.82) is 0 Å². The van der Waals surface area contributed by atoms with E-state index in [2.05, 4.69) is 4.84 Å². The fourth-order valence-corrected chi connectivity index (χ4v) is 0.320. The molecule has 1 rings (SSSR count). The number of hydrogen-bond donors (Lipinski definition) is 1. The minimum absolute atomic E-state index is 0. The lowest BCUT2D eigenvalue weighted by atomic mass is 10.6. The second kappa shape index (κ2) is 3.35. The number of nitrogens with two attached hydrogens (primary N) is 1. The Morgan fingerprint density at radius 3 is 2.38 bits per heavy atom. The lowest BCUT2D eigenvalue weighted by Crippen LogP contribution is -2.23. The maximum absolute atomic E-state index is 5.11. The highest BCUT2D eigenvalue weighted by Gasteiger charge is 1.86. The Bertz CT molecular complexity index is 113. The van der Waals surface area contributed by atoms with E-state index in [4.69, 9.17) is 5.84 Å². The summed E-state index contributed by atoms with van der Waals surface area (Å²) in [4.78, 5) is 4.62. The van der Waals surface area contributed by atoms with Crippen LogP contribution >= 0.6 is 12.4 Å². The molecule has 3 nitrogen and oxygen atoms in total. The first-order chi connectivity index (χ1) is 3.39. The predicted molar refractivity (Wildman–Crippen MR) is 32.6 cm³/mol. The van der Waals surface area contributed by atoms with Crippen LogP contribution in [0.15, 0.2) is 24.6 Å². The second-order valence-electron chi connectivity index (χ2n) is 1.14. The van der Waals surface area contributed by atoms with Gasteiger partial charge in [-0.2, -0.15) is 0 Å². The number of allylic oxidation sites excluding steroid dienone is 2. The Labute approximate surface area is 53.7 Å². The van der Waals surface area contributed by atoms with Crippen molar-refractivity contribution in [2.75, 3.05) is 0 Å². The van der Waals surface area contributed by atoms with Crippen molar-refractivity contribution in [3.8, 4) is 0 Å². The van der Waals surface area contributed by atoms with Crippen LogP contribution in [0.2, 0.25) is 0 Å². The summed E-state index contributed by atoms with van der Waals surface area (Å²) >= 11 is 0. The maximum atomic E-state index is 5.11. The third-order valence-corrected chi connectivity index (χ3v) is 0.605. The summed E-state index contributed by atoms with van der Waals surface area (Å²) in [6.45, 7) is 0. The third-order valence-electron chi connectivity index (χ3n) is 0.605. The fourth-order valence-electron chi connectivity index (χ4n) is 0.320. The minimum Gasteiger partial charge on any atom is -0.373 e. The zero-order valence-corrected chi connectivity index (χ0v) is 4.97. The van der Waals surface area contributed by atoms with E-state index in [-0.39, 0.29) is 12.4 Å². The largest absolute Gasteiger partial charge is 0.373 e. The molecule has 8 heavy (non-hydrogen) atoms. The van der Waals surface area contributed by atoms with Gasteiger partial charge >= 0.3 is 0 Å². The van der Waals surface area contributed by atoms with E-state index >= 15 is 0 Å². The third kappa shape index (κ3) is 1.86. The van der Waals surface area contributed by atoms with Crippen LogP contribution in [0.4, 0.5) is 0 Å². The summed E-state index contributed by atoms with van der Waals surface area (Å²) in [6, 6.07) is 0. The highest BCUT2D eigenvalue weighted by molar-refractivity contribution is 5.85. The molecule has 0 saturated carbocycles. The number of nitrogens with zero attached hydrogens (tertiary/aromatic N) is 1. The molecule has 0 radical (unpaired) electrons. The first kappa shape index (κ1) is 7.33. The first-order valence-corrected chi connectivity index (χ1v) is 1.93. The predicted octanol–water partition coefficient (Wildman–Crippen LogP) is 0.557. The molecule has 1 aliphatic rings. The number of hydrogen-bond acceptors (Lipinski definition) is 3. The molecule has 1 heterocycles. The van der Waals surface area contributed by atoms with Gasteiger partial charge in [0, 0.05) is 0 Å². The molecule has 1 aliphatic heterocycles. The Morgan fingerprint density at radius 1 is 1.38 bits per heavy atom. The average Bonchev–Trinajstić information content (AvgIpc) is 1.69. The molecule has 46 valence electrons. The lowest BCUT2D eigenvalue weighted by molar-refractivity contribution is -0.0611. The molecular formula is C4H7ClN2O. The van der Waals surface area contributed by atoms with Crippen molar-refractivity contribution in [2.24, 2.45) is 5.84 Å². The highest BCUT2D eigenvalue weighted by Crippen LogP contribution is 1.91. The van der Waals surface area contributed by atoms with E-state index in [0.717, 1.165) is 5.17 Å². The Kier molecular flexibility index (Phi) is 3.07. The number of halogens is 1. The van der Waals surface area contributed by atoms with Gasteiger partial charge in [-0.05, 0) is 12.2 Å². The lowest BCUT2D eigenvalue weighted by Gasteiger charge is -2.11. The molecule has 0 fully saturated rings. The zero-order chi connectivity index (χ0) is 5.11. The molecule has 0 atom stereocenters. The number of rotatable bonds is 0. The molecule has 0 aromatic heterocycles. The molecule has 0 amide bonds. The molecular weight excluding hydrogens is 128 g/mol. The molecule has 0 aromatic rings. The van der Waals surface area contributed by atoms with Crippen molar-refractivity contribution in [3.05, 3.63) is 24.6 Å². The number of hydroxylamine groups is 1. The summed E-state index contributed by atoms with van der Waals surface area (Å²) in [5, 5.41) is 1.12. The van der Waals surface area contributed by atoms with Gasteiger partial charge in [-0.3, -0.25) is 0 Å². The van der Waals surface area contributed by atoms with Crippen LogP contribution in [0.25, 0.3) is 0 Å². The van der Waals surface area contributed by atoms with Crippen molar-refractivity contribution in [2.45, 2.75) is 0 Å². The van der Waals surface area contributed by atoms with Crippen LogP contribution < -0.4 is 5.84 Å². The summed E-state index contributed by atoms with van der Waals surface area (Å²) in [7, 11) is 0. The van der Waals surface area contributed by atoms with Crippen LogP contribution in [0.3, 0.4) is 0 Å².